The van der Waals surface area contributed by atoms with Crippen LogP contribution >= 0.6 is 0 Å². The van der Waals surface area contributed by atoms with Crippen LogP contribution in [-0.2, 0) is 20.1 Å². The van der Waals surface area contributed by atoms with Crippen LogP contribution in [0.1, 0.15) is 28.7 Å². The molecule has 1 aliphatic heterocycles. The summed E-state index contributed by atoms with van der Waals surface area (Å²) >= 11 is 0. The van der Waals surface area contributed by atoms with E-state index in [0.29, 0.717) is 17.7 Å². The topological polar surface area (TPSA) is 65.1 Å². The van der Waals surface area contributed by atoms with E-state index in [-0.39, 0.29) is 17.8 Å². The SMILES string of the molecule is Cc1cccc(Cn2c(=O)c3c(nc4n3CCCN4c3ccc(C)cc3C)n(C)c2=O)c1. The van der Waals surface area contributed by atoms with Crippen molar-refractivity contribution in [2.75, 3.05) is 11.4 Å². The summed E-state index contributed by atoms with van der Waals surface area (Å²) < 4.78 is 4.80. The number of aryl methyl sites for hydroxylation is 5. The Hall–Kier alpha value is -3.61. The van der Waals surface area contributed by atoms with Gasteiger partial charge >= 0.3 is 5.69 Å². The Labute approximate surface area is 186 Å². The van der Waals surface area contributed by atoms with Crippen LogP contribution in [0.25, 0.3) is 11.2 Å². The van der Waals surface area contributed by atoms with Crippen molar-refractivity contribution in [3.05, 3.63) is 85.6 Å². The quantitative estimate of drug-likeness (QED) is 0.501. The highest BCUT2D eigenvalue weighted by Crippen LogP contribution is 2.33. The van der Waals surface area contributed by atoms with Gasteiger partial charge in [0.2, 0.25) is 5.95 Å². The van der Waals surface area contributed by atoms with Crippen molar-refractivity contribution >= 4 is 22.8 Å². The average Bonchev–Trinajstić information content (AvgIpc) is 3.16. The highest BCUT2D eigenvalue weighted by molar-refractivity contribution is 5.77. The third-order valence-corrected chi connectivity index (χ3v) is 6.28. The van der Waals surface area contributed by atoms with E-state index in [1.807, 2.05) is 35.8 Å². The normalized spacial score (nSPS) is 13.6. The molecule has 0 unspecified atom stereocenters. The fourth-order valence-corrected chi connectivity index (χ4v) is 4.73. The first-order chi connectivity index (χ1) is 15.3. The van der Waals surface area contributed by atoms with Gasteiger partial charge in [-0.25, -0.2) is 4.79 Å². The zero-order valence-electron chi connectivity index (χ0n) is 18.9. The summed E-state index contributed by atoms with van der Waals surface area (Å²) in [4.78, 5) is 33.6. The predicted octanol–water partition coefficient (Wildman–Crippen LogP) is 3.41. The fourth-order valence-electron chi connectivity index (χ4n) is 4.73. The summed E-state index contributed by atoms with van der Waals surface area (Å²) in [6.45, 7) is 7.93. The Bertz CT molecular complexity index is 1470. The minimum atomic E-state index is -0.350. The van der Waals surface area contributed by atoms with Crippen LogP contribution in [0.15, 0.2) is 52.1 Å². The first-order valence-electron chi connectivity index (χ1n) is 11.0. The Morgan fingerprint density at radius 2 is 1.75 bits per heavy atom. The number of aromatic nitrogens is 4. The van der Waals surface area contributed by atoms with Crippen molar-refractivity contribution in [2.24, 2.45) is 7.05 Å². The Kier molecular flexibility index (Phi) is 4.77. The van der Waals surface area contributed by atoms with Gasteiger partial charge in [0.15, 0.2) is 11.2 Å². The summed E-state index contributed by atoms with van der Waals surface area (Å²) in [5, 5.41) is 0. The molecule has 0 fully saturated rings. The lowest BCUT2D eigenvalue weighted by atomic mass is 10.1. The van der Waals surface area contributed by atoms with Gasteiger partial charge in [0.25, 0.3) is 5.56 Å². The van der Waals surface area contributed by atoms with Gasteiger partial charge in [-0.15, -0.1) is 0 Å². The number of fused-ring (bicyclic) bond motifs is 3. The average molecular weight is 430 g/mol. The Balaban J connectivity index is 1.71. The van der Waals surface area contributed by atoms with E-state index < -0.39 is 0 Å². The van der Waals surface area contributed by atoms with Crippen molar-refractivity contribution in [3.63, 3.8) is 0 Å². The third-order valence-electron chi connectivity index (χ3n) is 6.28. The number of hydrogen-bond acceptors (Lipinski definition) is 4. The number of nitrogens with zero attached hydrogens (tertiary/aromatic N) is 5. The molecule has 5 rings (SSSR count). The van der Waals surface area contributed by atoms with Crippen LogP contribution in [0.4, 0.5) is 11.6 Å². The summed E-state index contributed by atoms with van der Waals surface area (Å²) in [5.41, 5.74) is 5.77. The monoisotopic (exact) mass is 429 g/mol. The molecule has 3 heterocycles. The second kappa shape index (κ2) is 7.51. The third kappa shape index (κ3) is 3.16. The highest BCUT2D eigenvalue weighted by atomic mass is 16.2. The van der Waals surface area contributed by atoms with Gasteiger partial charge < -0.3 is 9.47 Å². The fraction of sp³-hybridized carbons (Fsp3) is 0.320. The molecule has 0 saturated heterocycles. The van der Waals surface area contributed by atoms with Gasteiger partial charge in [0, 0.05) is 25.8 Å². The lowest BCUT2D eigenvalue weighted by Crippen LogP contribution is -2.40. The van der Waals surface area contributed by atoms with Gasteiger partial charge in [-0.2, -0.15) is 4.98 Å². The minimum absolute atomic E-state index is 0.241. The molecule has 7 heteroatoms. The highest BCUT2D eigenvalue weighted by Gasteiger charge is 2.27. The smallest absolute Gasteiger partial charge is 0.312 e. The van der Waals surface area contributed by atoms with Gasteiger partial charge in [0.05, 0.1) is 6.54 Å². The van der Waals surface area contributed by atoms with E-state index in [2.05, 4.69) is 36.9 Å². The van der Waals surface area contributed by atoms with Crippen molar-refractivity contribution in [3.8, 4) is 0 Å². The molecule has 0 saturated carbocycles. The van der Waals surface area contributed by atoms with Gasteiger partial charge in [-0.05, 0) is 44.4 Å². The van der Waals surface area contributed by atoms with E-state index in [9.17, 15) is 9.59 Å². The molecule has 0 bridgehead atoms. The lowest BCUT2D eigenvalue weighted by molar-refractivity contribution is 0.597. The molecule has 2 aromatic carbocycles. The van der Waals surface area contributed by atoms with E-state index in [1.165, 1.54) is 14.7 Å². The van der Waals surface area contributed by atoms with Crippen molar-refractivity contribution in [2.45, 2.75) is 40.3 Å². The number of anilines is 2. The minimum Gasteiger partial charge on any atom is -0.312 e. The van der Waals surface area contributed by atoms with E-state index >= 15 is 0 Å². The van der Waals surface area contributed by atoms with Crippen molar-refractivity contribution in [1.29, 1.82) is 0 Å². The number of benzene rings is 2. The first kappa shape index (κ1) is 20.3. The van der Waals surface area contributed by atoms with Crippen LogP contribution < -0.4 is 16.1 Å². The van der Waals surface area contributed by atoms with E-state index in [0.717, 1.165) is 41.3 Å². The summed E-state index contributed by atoms with van der Waals surface area (Å²) in [6.07, 6.45) is 0.895. The molecular formula is C25H27N5O2. The van der Waals surface area contributed by atoms with Crippen molar-refractivity contribution < 1.29 is 0 Å². The first-order valence-corrected chi connectivity index (χ1v) is 11.0. The lowest BCUT2D eigenvalue weighted by Gasteiger charge is -2.30. The molecule has 4 aromatic rings. The Morgan fingerprint density at radius 3 is 2.50 bits per heavy atom. The molecule has 7 nitrogen and oxygen atoms in total. The molecule has 0 amide bonds. The van der Waals surface area contributed by atoms with Gasteiger partial charge in [-0.1, -0.05) is 47.5 Å². The number of imidazole rings is 1. The Morgan fingerprint density at radius 1 is 0.969 bits per heavy atom. The maximum atomic E-state index is 13.5. The molecule has 0 N–H and O–H groups in total. The zero-order chi connectivity index (χ0) is 22.6. The molecule has 1 aliphatic rings. The van der Waals surface area contributed by atoms with E-state index in [4.69, 9.17) is 4.98 Å². The maximum Gasteiger partial charge on any atom is 0.332 e. The van der Waals surface area contributed by atoms with Gasteiger partial charge in [0.1, 0.15) is 0 Å². The van der Waals surface area contributed by atoms with Crippen molar-refractivity contribution in [1.82, 2.24) is 18.7 Å². The van der Waals surface area contributed by atoms with Crippen LogP contribution in [0.2, 0.25) is 0 Å². The molecular weight excluding hydrogens is 402 g/mol. The molecule has 2 aromatic heterocycles. The summed E-state index contributed by atoms with van der Waals surface area (Å²) in [7, 11) is 1.69. The molecule has 0 spiro atoms. The van der Waals surface area contributed by atoms with E-state index in [1.54, 1.807) is 7.05 Å². The number of hydrogen-bond donors (Lipinski definition) is 0. The summed E-state index contributed by atoms with van der Waals surface area (Å²) in [5.74, 6) is 0.721. The maximum absolute atomic E-state index is 13.5. The van der Waals surface area contributed by atoms with Gasteiger partial charge in [-0.3, -0.25) is 13.9 Å². The molecule has 0 radical (unpaired) electrons. The van der Waals surface area contributed by atoms with Crippen LogP contribution in [0.3, 0.4) is 0 Å². The number of rotatable bonds is 3. The predicted molar refractivity (Wildman–Crippen MR) is 127 cm³/mol. The summed E-state index contributed by atoms with van der Waals surface area (Å²) in [6, 6.07) is 14.2. The molecule has 164 valence electrons. The molecule has 0 atom stereocenters. The second-order valence-electron chi connectivity index (χ2n) is 8.75. The molecule has 32 heavy (non-hydrogen) atoms. The standard InChI is InChI=1S/C25H27N5O2/c1-16-7-5-8-19(14-16)15-30-23(31)21-22(27(4)25(30)32)26-24-28(11-6-12-29(21)24)20-10-9-17(2)13-18(20)3/h5,7-10,13-14H,6,11-12,15H2,1-4H3. The second-order valence-corrected chi connectivity index (χ2v) is 8.75. The molecule has 0 aliphatic carbocycles. The zero-order valence-corrected chi connectivity index (χ0v) is 18.9. The van der Waals surface area contributed by atoms with Crippen LogP contribution in [0.5, 0.6) is 0 Å². The largest absolute Gasteiger partial charge is 0.332 e. The van der Waals surface area contributed by atoms with Crippen LogP contribution in [-0.4, -0.2) is 25.2 Å². The van der Waals surface area contributed by atoms with Crippen LogP contribution in [0, 0.1) is 20.8 Å².